The highest BCUT2D eigenvalue weighted by Gasteiger charge is 2.29. The van der Waals surface area contributed by atoms with E-state index in [0.717, 1.165) is 6.26 Å². The maximum Gasteiger partial charge on any atom is 0.243 e. The Bertz CT molecular complexity index is 1110. The van der Waals surface area contributed by atoms with Crippen molar-refractivity contribution in [2.45, 2.75) is 28.7 Å². The highest BCUT2D eigenvalue weighted by molar-refractivity contribution is 7.90. The Morgan fingerprint density at radius 3 is 2.15 bits per heavy atom. The van der Waals surface area contributed by atoms with Crippen LogP contribution in [0.15, 0.2) is 58.3 Å². The molecule has 9 nitrogen and oxygen atoms in total. The molecule has 0 amide bonds. The molecule has 2 aromatic carbocycles. The number of sulfonamides is 1. The van der Waals surface area contributed by atoms with Gasteiger partial charge >= 0.3 is 0 Å². The van der Waals surface area contributed by atoms with Crippen LogP contribution in [0.5, 0.6) is 11.5 Å². The lowest BCUT2D eigenvalue weighted by molar-refractivity contribution is 0.104. The van der Waals surface area contributed by atoms with Crippen molar-refractivity contribution in [3.8, 4) is 11.5 Å². The molecule has 0 aliphatic carbocycles. The van der Waals surface area contributed by atoms with Crippen molar-refractivity contribution in [1.82, 2.24) is 9.62 Å². The molecule has 33 heavy (non-hydrogen) atoms. The number of benzene rings is 2. The van der Waals surface area contributed by atoms with E-state index < -0.39 is 26.0 Å². The highest BCUT2D eigenvalue weighted by atomic mass is 32.2. The molecule has 182 valence electrons. The third-order valence-corrected chi connectivity index (χ3v) is 8.60. The van der Waals surface area contributed by atoms with Crippen LogP contribution in [-0.4, -0.2) is 76.5 Å². The van der Waals surface area contributed by atoms with Gasteiger partial charge in [0, 0.05) is 25.9 Å². The first-order valence-electron chi connectivity index (χ1n) is 10.7. The van der Waals surface area contributed by atoms with Gasteiger partial charge in [0.15, 0.2) is 9.84 Å². The molecule has 1 saturated heterocycles. The number of hydrogen-bond donors (Lipinski definition) is 3. The molecule has 0 saturated carbocycles. The van der Waals surface area contributed by atoms with Gasteiger partial charge in [0.2, 0.25) is 10.0 Å². The largest absolute Gasteiger partial charge is 0.508 e. The van der Waals surface area contributed by atoms with Crippen molar-refractivity contribution >= 4 is 19.9 Å². The minimum absolute atomic E-state index is 0.0851. The van der Waals surface area contributed by atoms with E-state index in [-0.39, 0.29) is 28.1 Å². The first-order valence-corrected chi connectivity index (χ1v) is 14.0. The normalized spacial score (nSPS) is 17.0. The van der Waals surface area contributed by atoms with Gasteiger partial charge in [-0.2, -0.15) is 4.31 Å². The number of phenolic OH excluding ortho intramolecular Hbond substituents is 1. The molecule has 0 unspecified atom stereocenters. The number of phenols is 1. The number of ether oxygens (including phenoxy) is 1. The van der Waals surface area contributed by atoms with Crippen molar-refractivity contribution < 1.29 is 31.8 Å². The number of nitrogens with zero attached hydrogens (tertiary/aromatic N) is 1. The Labute approximate surface area is 195 Å². The zero-order valence-electron chi connectivity index (χ0n) is 18.4. The van der Waals surface area contributed by atoms with Gasteiger partial charge in [0.05, 0.1) is 9.79 Å². The standard InChI is InChI=1S/C22H30N2O7S2/c1-32(27,28)21-6-8-22(9-7-21)33(29,30)24-12-10-17(11-13-24)14-23-15-19(26)16-31-20-4-2-18(25)3-5-20/h2-9,17,19,23,25-26H,10-16H2,1H3/t19-/m1/s1. The second-order valence-electron chi connectivity index (χ2n) is 8.21. The SMILES string of the molecule is CS(=O)(=O)c1ccc(S(=O)(=O)N2CCC(CNC[C@@H](O)COc3ccc(O)cc3)CC2)cc1. The summed E-state index contributed by atoms with van der Waals surface area (Å²) in [6.45, 7) is 1.90. The molecule has 1 aliphatic rings. The van der Waals surface area contributed by atoms with Crippen LogP contribution < -0.4 is 10.1 Å². The van der Waals surface area contributed by atoms with Gasteiger partial charge in [-0.1, -0.05) is 0 Å². The molecular weight excluding hydrogens is 468 g/mol. The maximum absolute atomic E-state index is 12.9. The van der Waals surface area contributed by atoms with Crippen LogP contribution in [0.2, 0.25) is 0 Å². The summed E-state index contributed by atoms with van der Waals surface area (Å²) < 4.78 is 55.8. The summed E-state index contributed by atoms with van der Waals surface area (Å²) in [5, 5.41) is 22.5. The zero-order valence-corrected chi connectivity index (χ0v) is 20.1. The smallest absolute Gasteiger partial charge is 0.243 e. The van der Waals surface area contributed by atoms with E-state index in [4.69, 9.17) is 4.74 Å². The number of piperidine rings is 1. The Morgan fingerprint density at radius 1 is 1.00 bits per heavy atom. The van der Waals surface area contributed by atoms with E-state index >= 15 is 0 Å². The molecule has 11 heteroatoms. The Kier molecular flexibility index (Phi) is 8.35. The van der Waals surface area contributed by atoms with Gasteiger partial charge in [-0.15, -0.1) is 0 Å². The average molecular weight is 499 g/mol. The minimum Gasteiger partial charge on any atom is -0.508 e. The second-order valence-corrected chi connectivity index (χ2v) is 12.2. The third kappa shape index (κ3) is 7.15. The molecule has 0 bridgehead atoms. The quantitative estimate of drug-likeness (QED) is 0.445. The first kappa shape index (κ1) is 25.4. The monoisotopic (exact) mass is 498 g/mol. The van der Waals surface area contributed by atoms with Gasteiger partial charge in [-0.05, 0) is 73.8 Å². The van der Waals surface area contributed by atoms with E-state index in [1.165, 1.54) is 40.7 Å². The fourth-order valence-corrected chi connectivity index (χ4v) is 5.71. The Balaban J connectivity index is 1.40. The van der Waals surface area contributed by atoms with Crippen LogP contribution in [0, 0.1) is 5.92 Å². The molecular formula is C22H30N2O7S2. The molecule has 0 spiro atoms. The summed E-state index contributed by atoms with van der Waals surface area (Å²) in [7, 11) is -7.05. The maximum atomic E-state index is 12.9. The molecule has 1 heterocycles. The van der Waals surface area contributed by atoms with Crippen molar-refractivity contribution in [2.24, 2.45) is 5.92 Å². The van der Waals surface area contributed by atoms with Crippen LogP contribution in [0.3, 0.4) is 0 Å². The lowest BCUT2D eigenvalue weighted by Crippen LogP contribution is -2.42. The summed E-state index contributed by atoms with van der Waals surface area (Å²) in [6.07, 6.45) is 1.76. The molecule has 1 fully saturated rings. The summed E-state index contributed by atoms with van der Waals surface area (Å²) in [5.74, 6) is 0.994. The fraction of sp³-hybridized carbons (Fsp3) is 0.455. The topological polar surface area (TPSA) is 133 Å². The van der Waals surface area contributed by atoms with Gasteiger partial charge in [-0.3, -0.25) is 0 Å². The number of aliphatic hydroxyl groups excluding tert-OH is 1. The highest BCUT2D eigenvalue weighted by Crippen LogP contribution is 2.24. The number of hydrogen-bond acceptors (Lipinski definition) is 8. The van der Waals surface area contributed by atoms with Crippen LogP contribution in [-0.2, 0) is 19.9 Å². The van der Waals surface area contributed by atoms with E-state index in [0.29, 0.717) is 44.8 Å². The fourth-order valence-electron chi connectivity index (χ4n) is 3.61. The predicted molar refractivity (Wildman–Crippen MR) is 124 cm³/mol. The predicted octanol–water partition coefficient (Wildman–Crippen LogP) is 1.23. The van der Waals surface area contributed by atoms with Gasteiger partial charge in [-0.25, -0.2) is 16.8 Å². The van der Waals surface area contributed by atoms with Crippen molar-refractivity contribution in [3.63, 3.8) is 0 Å². The number of sulfone groups is 1. The van der Waals surface area contributed by atoms with Crippen LogP contribution in [0.25, 0.3) is 0 Å². The molecule has 0 radical (unpaired) electrons. The lowest BCUT2D eigenvalue weighted by atomic mass is 9.98. The number of aromatic hydroxyl groups is 1. The summed E-state index contributed by atoms with van der Waals surface area (Å²) in [5.41, 5.74) is 0. The van der Waals surface area contributed by atoms with Crippen LogP contribution in [0.1, 0.15) is 12.8 Å². The Hall–Kier alpha value is -2.18. The first-order chi connectivity index (χ1) is 15.6. The molecule has 3 N–H and O–H groups in total. The van der Waals surface area contributed by atoms with Crippen molar-refractivity contribution in [1.29, 1.82) is 0 Å². The van der Waals surface area contributed by atoms with E-state index in [1.807, 2.05) is 0 Å². The molecule has 1 aliphatic heterocycles. The zero-order chi connectivity index (χ0) is 24.1. The second kappa shape index (κ2) is 10.8. The van der Waals surface area contributed by atoms with Gasteiger partial charge < -0.3 is 20.3 Å². The number of aliphatic hydroxyl groups is 1. The van der Waals surface area contributed by atoms with Gasteiger partial charge in [0.25, 0.3) is 0 Å². The molecule has 0 aromatic heterocycles. The van der Waals surface area contributed by atoms with E-state index in [1.54, 1.807) is 12.1 Å². The van der Waals surface area contributed by atoms with E-state index in [2.05, 4.69) is 5.32 Å². The van der Waals surface area contributed by atoms with E-state index in [9.17, 15) is 27.0 Å². The summed E-state index contributed by atoms with van der Waals surface area (Å²) >= 11 is 0. The molecule has 1 atom stereocenters. The van der Waals surface area contributed by atoms with Crippen LogP contribution >= 0.6 is 0 Å². The Morgan fingerprint density at radius 2 is 1.58 bits per heavy atom. The van der Waals surface area contributed by atoms with Crippen LogP contribution in [0.4, 0.5) is 0 Å². The molecule has 3 rings (SSSR count). The average Bonchev–Trinajstić information content (AvgIpc) is 2.78. The van der Waals surface area contributed by atoms with Crippen molar-refractivity contribution in [3.05, 3.63) is 48.5 Å². The number of rotatable bonds is 10. The third-order valence-electron chi connectivity index (χ3n) is 5.56. The summed E-state index contributed by atoms with van der Waals surface area (Å²) in [4.78, 5) is 0.171. The number of nitrogens with one attached hydrogen (secondary N) is 1. The van der Waals surface area contributed by atoms with Gasteiger partial charge in [0.1, 0.15) is 24.2 Å². The van der Waals surface area contributed by atoms with Crippen molar-refractivity contribution in [2.75, 3.05) is 39.0 Å². The minimum atomic E-state index is -3.67. The lowest BCUT2D eigenvalue weighted by Gasteiger charge is -2.31. The summed E-state index contributed by atoms with van der Waals surface area (Å²) in [6, 6.07) is 11.6. The molecule has 2 aromatic rings.